The molecule has 3 fully saturated rings. The van der Waals surface area contributed by atoms with E-state index in [0.717, 1.165) is 41.9 Å². The van der Waals surface area contributed by atoms with E-state index >= 15 is 0 Å². The van der Waals surface area contributed by atoms with E-state index < -0.39 is 0 Å². The molecule has 0 radical (unpaired) electrons. The molecule has 6 nitrogen and oxygen atoms in total. The highest BCUT2D eigenvalue weighted by molar-refractivity contribution is 5.50. The molecule has 3 aliphatic rings. The van der Waals surface area contributed by atoms with Crippen molar-refractivity contribution in [1.82, 2.24) is 19.9 Å². The lowest BCUT2D eigenvalue weighted by atomic mass is 9.87. The predicted octanol–water partition coefficient (Wildman–Crippen LogP) is 1.66. The van der Waals surface area contributed by atoms with Crippen molar-refractivity contribution in [2.24, 2.45) is 0 Å². The van der Waals surface area contributed by atoms with Gasteiger partial charge in [-0.2, -0.15) is 0 Å². The average molecular weight is 296 g/mol. The Kier molecular flexibility index (Phi) is 2.99. The molecule has 0 amide bonds. The number of fused-ring (bicyclic) bond motifs is 2. The largest absolute Gasteiger partial charge is 0.347 e. The van der Waals surface area contributed by atoms with Crippen LogP contribution in [0.3, 0.4) is 0 Å². The fraction of sp³-hybridized carbons (Fsp3) is 0.500. The van der Waals surface area contributed by atoms with Gasteiger partial charge in [-0.05, 0) is 33.3 Å². The highest BCUT2D eigenvalue weighted by atomic mass is 15.4. The molecule has 3 aliphatic heterocycles. The second kappa shape index (κ2) is 4.90. The van der Waals surface area contributed by atoms with E-state index in [1.165, 1.54) is 6.42 Å². The molecule has 0 aromatic carbocycles. The van der Waals surface area contributed by atoms with Crippen LogP contribution in [-0.4, -0.2) is 45.1 Å². The summed E-state index contributed by atoms with van der Waals surface area (Å²) < 4.78 is 0. The molecule has 2 unspecified atom stereocenters. The van der Waals surface area contributed by atoms with Gasteiger partial charge in [0.05, 0.1) is 12.1 Å². The first-order chi connectivity index (χ1) is 10.6. The Labute approximate surface area is 130 Å². The van der Waals surface area contributed by atoms with E-state index in [1.54, 1.807) is 6.33 Å². The minimum atomic E-state index is 0.498. The quantitative estimate of drug-likeness (QED) is 0.840. The van der Waals surface area contributed by atoms with Crippen molar-refractivity contribution in [2.45, 2.75) is 39.3 Å². The zero-order valence-electron chi connectivity index (χ0n) is 13.2. The van der Waals surface area contributed by atoms with Crippen LogP contribution in [0.25, 0.3) is 0 Å². The number of aryl methyl sites for hydroxylation is 3. The van der Waals surface area contributed by atoms with E-state index in [4.69, 9.17) is 0 Å². The molecule has 0 spiro atoms. The van der Waals surface area contributed by atoms with Gasteiger partial charge in [0.25, 0.3) is 0 Å². The summed E-state index contributed by atoms with van der Waals surface area (Å²) >= 11 is 0. The zero-order valence-corrected chi connectivity index (χ0v) is 13.2. The average Bonchev–Trinajstić information content (AvgIpc) is 2.46. The van der Waals surface area contributed by atoms with E-state index in [2.05, 4.69) is 35.8 Å². The Balaban J connectivity index is 1.55. The van der Waals surface area contributed by atoms with E-state index in [1.807, 2.05) is 26.8 Å². The van der Waals surface area contributed by atoms with Crippen molar-refractivity contribution in [3.05, 3.63) is 35.5 Å². The number of anilines is 2. The Morgan fingerprint density at radius 1 is 0.909 bits per heavy atom. The predicted molar refractivity (Wildman–Crippen MR) is 85.2 cm³/mol. The molecule has 2 bridgehead atoms. The summed E-state index contributed by atoms with van der Waals surface area (Å²) in [6.45, 7) is 7.99. The van der Waals surface area contributed by atoms with Gasteiger partial charge in [-0.1, -0.05) is 0 Å². The fourth-order valence-electron chi connectivity index (χ4n) is 3.58. The first-order valence-electron chi connectivity index (χ1n) is 7.74. The third-order valence-electron chi connectivity index (χ3n) is 4.50. The molecular formula is C16H20N6. The molecule has 6 heteroatoms. The van der Waals surface area contributed by atoms with Crippen LogP contribution in [-0.2, 0) is 0 Å². The zero-order chi connectivity index (χ0) is 15.3. The fourth-order valence-corrected chi connectivity index (χ4v) is 3.58. The van der Waals surface area contributed by atoms with Crippen LogP contribution in [0.1, 0.15) is 23.5 Å². The second-order valence-corrected chi connectivity index (χ2v) is 6.32. The Morgan fingerprint density at radius 2 is 1.59 bits per heavy atom. The topological polar surface area (TPSA) is 58.0 Å². The summed E-state index contributed by atoms with van der Waals surface area (Å²) in [7, 11) is 0. The van der Waals surface area contributed by atoms with Crippen molar-refractivity contribution < 1.29 is 0 Å². The molecule has 5 rings (SSSR count). The summed E-state index contributed by atoms with van der Waals surface area (Å²) in [5.41, 5.74) is 3.08. The number of rotatable bonds is 2. The number of hydrogen-bond acceptors (Lipinski definition) is 6. The third kappa shape index (κ3) is 2.19. The molecule has 3 saturated heterocycles. The molecule has 0 aliphatic carbocycles. The van der Waals surface area contributed by atoms with Crippen LogP contribution in [0.4, 0.5) is 11.8 Å². The summed E-state index contributed by atoms with van der Waals surface area (Å²) in [4.78, 5) is 22.5. The maximum Gasteiger partial charge on any atom is 0.225 e. The lowest BCUT2D eigenvalue weighted by molar-refractivity contribution is 0.286. The minimum Gasteiger partial charge on any atom is -0.347 e. The normalized spacial score (nSPS) is 23.4. The van der Waals surface area contributed by atoms with Gasteiger partial charge in [0.15, 0.2) is 0 Å². The Morgan fingerprint density at radius 3 is 2.23 bits per heavy atom. The molecule has 0 N–H and O–H groups in total. The van der Waals surface area contributed by atoms with Gasteiger partial charge in [-0.25, -0.2) is 19.9 Å². The smallest absolute Gasteiger partial charge is 0.225 e. The van der Waals surface area contributed by atoms with Crippen LogP contribution in [0.5, 0.6) is 0 Å². The molecule has 0 saturated carbocycles. The van der Waals surface area contributed by atoms with Gasteiger partial charge >= 0.3 is 0 Å². The van der Waals surface area contributed by atoms with E-state index in [9.17, 15) is 0 Å². The number of hydrogen-bond donors (Lipinski definition) is 0. The lowest BCUT2D eigenvalue weighted by Crippen LogP contribution is -2.69. The van der Waals surface area contributed by atoms with E-state index in [0.29, 0.717) is 12.1 Å². The highest BCUT2D eigenvalue weighted by Crippen LogP contribution is 2.36. The molecule has 2 atom stereocenters. The van der Waals surface area contributed by atoms with Gasteiger partial charge in [-0.15, -0.1) is 0 Å². The van der Waals surface area contributed by atoms with Crippen molar-refractivity contribution in [3.8, 4) is 0 Å². The van der Waals surface area contributed by atoms with Crippen LogP contribution in [0, 0.1) is 20.8 Å². The summed E-state index contributed by atoms with van der Waals surface area (Å²) in [5.74, 6) is 1.92. The van der Waals surface area contributed by atoms with Crippen LogP contribution < -0.4 is 9.80 Å². The standard InChI is InChI=1S/C16H20N6/c1-10-5-15(18-9-17-10)22-13-6-14(22)8-21(7-13)16-19-11(2)4-12(3)20-16/h4-5,9,13-14H,6-8H2,1-3H3. The van der Waals surface area contributed by atoms with E-state index in [-0.39, 0.29) is 0 Å². The van der Waals surface area contributed by atoms with Gasteiger partial charge in [0.2, 0.25) is 5.95 Å². The van der Waals surface area contributed by atoms with Crippen LogP contribution in [0.2, 0.25) is 0 Å². The highest BCUT2D eigenvalue weighted by Gasteiger charge is 2.46. The number of piperazine rings is 1. The maximum absolute atomic E-state index is 4.60. The Bertz CT molecular complexity index is 683. The summed E-state index contributed by atoms with van der Waals surface area (Å²) in [6, 6.07) is 5.08. The number of aromatic nitrogens is 4. The third-order valence-corrected chi connectivity index (χ3v) is 4.50. The van der Waals surface area contributed by atoms with Crippen molar-refractivity contribution >= 4 is 11.8 Å². The molecule has 2 aromatic rings. The molecule has 114 valence electrons. The molecule has 5 heterocycles. The molecule has 2 aromatic heterocycles. The molecular weight excluding hydrogens is 276 g/mol. The summed E-state index contributed by atoms with van der Waals surface area (Å²) in [6.07, 6.45) is 2.88. The van der Waals surface area contributed by atoms with Crippen molar-refractivity contribution in [3.63, 3.8) is 0 Å². The lowest BCUT2D eigenvalue weighted by Gasteiger charge is -2.56. The van der Waals surface area contributed by atoms with Gasteiger partial charge < -0.3 is 9.80 Å². The van der Waals surface area contributed by atoms with Crippen molar-refractivity contribution in [2.75, 3.05) is 22.9 Å². The second-order valence-electron chi connectivity index (χ2n) is 6.32. The van der Waals surface area contributed by atoms with Crippen LogP contribution in [0.15, 0.2) is 18.5 Å². The molecule has 22 heavy (non-hydrogen) atoms. The summed E-state index contributed by atoms with van der Waals surface area (Å²) in [5, 5.41) is 0. The Hall–Kier alpha value is -2.24. The van der Waals surface area contributed by atoms with Gasteiger partial charge in [0, 0.05) is 36.2 Å². The SMILES string of the molecule is Cc1cc(N2C3CC2CN(c2nc(C)cc(C)n2)C3)ncn1. The first-order valence-corrected chi connectivity index (χ1v) is 7.74. The minimum absolute atomic E-state index is 0.498. The van der Waals surface area contributed by atoms with Gasteiger partial charge in [-0.3, -0.25) is 0 Å². The van der Waals surface area contributed by atoms with Crippen molar-refractivity contribution in [1.29, 1.82) is 0 Å². The number of nitrogens with zero attached hydrogens (tertiary/aromatic N) is 6. The number of piperidine rings is 1. The monoisotopic (exact) mass is 296 g/mol. The first kappa shape index (κ1) is 13.4. The van der Waals surface area contributed by atoms with Gasteiger partial charge in [0.1, 0.15) is 12.1 Å². The van der Waals surface area contributed by atoms with Crippen LogP contribution >= 0.6 is 0 Å². The maximum atomic E-state index is 4.60.